The van der Waals surface area contributed by atoms with Crippen molar-refractivity contribution in [3.05, 3.63) is 0 Å². The molecule has 5 heteroatoms. The van der Waals surface area contributed by atoms with E-state index in [0.29, 0.717) is 0 Å². The maximum atomic E-state index is 8.89. The van der Waals surface area contributed by atoms with Crippen molar-refractivity contribution in [1.29, 1.82) is 0 Å². The first-order chi connectivity index (χ1) is 2.00. The van der Waals surface area contributed by atoms with Gasteiger partial charge in [0, 0.05) is 0 Å². The number of hydrogen-bond donors (Lipinski definition) is 2. The molecule has 0 aromatic heterocycles. The molecule has 0 radical (unpaired) electrons. The van der Waals surface area contributed by atoms with Crippen LogP contribution < -0.4 is 0 Å². The molecule has 0 aliphatic heterocycles. The summed E-state index contributed by atoms with van der Waals surface area (Å²) in [4.78, 5) is 0. The van der Waals surface area contributed by atoms with Crippen LogP contribution in [0.2, 0.25) is 0 Å². The minimum atomic E-state index is -5.84. The molecule has 30 valence electrons. The molecule has 2 N–H and O–H groups in total. The predicted octanol–water partition coefficient (Wildman–Crippen LogP) is -1.35. The van der Waals surface area contributed by atoms with Crippen LogP contribution in [0.25, 0.3) is 0 Å². The molecule has 0 aromatic rings. The van der Waals surface area contributed by atoms with E-state index in [0.717, 1.165) is 0 Å². The van der Waals surface area contributed by atoms with Gasteiger partial charge in [-0.15, -0.1) is 0 Å². The minimum absolute atomic E-state index is 5.84. The molecule has 4 nitrogen and oxygen atoms in total. The van der Waals surface area contributed by atoms with Crippen LogP contribution in [0, 0.1) is 25.4 Å². The van der Waals surface area contributed by atoms with E-state index < -0.39 is 25.4 Å². The third-order valence-electron chi connectivity index (χ3n) is 0. The van der Waals surface area contributed by atoms with Gasteiger partial charge < -0.3 is 0 Å². The summed E-state index contributed by atoms with van der Waals surface area (Å²) in [5.41, 5.74) is 0. The molecule has 0 saturated carbocycles. The summed E-state index contributed by atoms with van der Waals surface area (Å²) in [6, 6.07) is 0. The second-order valence-corrected chi connectivity index (χ2v) is 5.12. The van der Waals surface area contributed by atoms with Gasteiger partial charge in [0.05, 0.1) is 0 Å². The zero-order valence-corrected chi connectivity index (χ0v) is 6.37. The van der Waals surface area contributed by atoms with Crippen LogP contribution in [-0.4, -0.2) is 5.22 Å². The van der Waals surface area contributed by atoms with Crippen LogP contribution in [0.4, 0.5) is 0 Å². The van der Waals surface area contributed by atoms with Crippen LogP contribution in [0.5, 0.6) is 0 Å². The summed E-state index contributed by atoms with van der Waals surface area (Å²) in [6.45, 7) is 0. The van der Waals surface area contributed by atoms with Crippen molar-refractivity contribution in [2.75, 3.05) is 0 Å². The first kappa shape index (κ1) is 5.57. The standard InChI is InChI=1S/2H2O.2O.U/h2*1H2;;;/q;;;;+2/p-2. The Kier molecular flexibility index (Phi) is 1.51. The van der Waals surface area contributed by atoms with E-state index in [9.17, 15) is 0 Å². The summed E-state index contributed by atoms with van der Waals surface area (Å²) in [6.07, 6.45) is 0. The molecule has 0 aliphatic carbocycles. The second-order valence-electron chi connectivity index (χ2n) is 0.548. The molecular weight excluding hydrogens is 302 g/mol. The van der Waals surface area contributed by atoms with Gasteiger partial charge >= 0.3 is 35.1 Å². The van der Waals surface area contributed by atoms with Gasteiger partial charge in [-0.1, -0.05) is 0 Å². The van der Waals surface area contributed by atoms with Crippen molar-refractivity contribution in [2.24, 2.45) is 0 Å². The maximum absolute atomic E-state index is 8.89. The van der Waals surface area contributed by atoms with Crippen molar-refractivity contribution in [2.45, 2.75) is 0 Å². The Hall–Kier alpha value is 0.572. The molecular formula is H2O4U. The summed E-state index contributed by atoms with van der Waals surface area (Å²) in [5, 5.41) is 0. The Morgan fingerprint density at radius 2 is 1.20 bits per heavy atom. The molecule has 0 aliphatic rings. The van der Waals surface area contributed by atoms with Gasteiger partial charge in [0.15, 0.2) is 0 Å². The topological polar surface area (TPSA) is 74.6 Å². The van der Waals surface area contributed by atoms with Gasteiger partial charge in [-0.3, -0.25) is 0 Å². The molecule has 0 fully saturated rings. The molecule has 0 bridgehead atoms. The third-order valence-corrected chi connectivity index (χ3v) is 0. The summed E-state index contributed by atoms with van der Waals surface area (Å²) < 4.78 is 32.2. The van der Waals surface area contributed by atoms with Crippen LogP contribution >= 0.6 is 0 Å². The second kappa shape index (κ2) is 1.35. The van der Waals surface area contributed by atoms with Crippen LogP contribution in [0.3, 0.4) is 0 Å². The quantitative estimate of drug-likeness (QED) is 0.580. The van der Waals surface area contributed by atoms with Gasteiger partial charge in [0.2, 0.25) is 0 Å². The Bertz CT molecular complexity index is 86.8. The van der Waals surface area contributed by atoms with Crippen molar-refractivity contribution < 1.29 is 35.1 Å². The Morgan fingerprint density at radius 1 is 1.20 bits per heavy atom. The SMILES string of the molecule is [O]=[U](=[O])([OH])[OH]. The number of rotatable bonds is 0. The average molecular weight is 304 g/mol. The monoisotopic (exact) mass is 304 g/mol. The van der Waals surface area contributed by atoms with Gasteiger partial charge in [-0.2, -0.15) is 0 Å². The Labute approximate surface area is 35.3 Å². The molecule has 0 heterocycles. The molecule has 5 heavy (non-hydrogen) atoms. The first-order valence-electron chi connectivity index (χ1n) is 0.855. The molecule has 0 amide bonds. The van der Waals surface area contributed by atoms with E-state index in [-0.39, 0.29) is 0 Å². The van der Waals surface area contributed by atoms with Gasteiger partial charge in [0.25, 0.3) is 0 Å². The zero-order chi connectivity index (χ0) is 4.50. The fourth-order valence-electron chi connectivity index (χ4n) is 0. The molecule has 0 aromatic carbocycles. The molecule has 0 unspecified atom stereocenters. The fourth-order valence-corrected chi connectivity index (χ4v) is 0. The van der Waals surface area contributed by atoms with E-state index in [4.69, 9.17) is 9.69 Å². The van der Waals surface area contributed by atoms with Crippen LogP contribution in [-0.2, 0) is 4.47 Å². The van der Waals surface area contributed by atoms with Crippen molar-refractivity contribution in [1.82, 2.24) is 0 Å². The summed E-state index contributed by atoms with van der Waals surface area (Å²) >= 11 is -5.84. The summed E-state index contributed by atoms with van der Waals surface area (Å²) in [5.74, 6) is 0. The van der Waals surface area contributed by atoms with E-state index in [1.807, 2.05) is 0 Å². The van der Waals surface area contributed by atoms with Crippen molar-refractivity contribution in [3.8, 4) is 0 Å². The predicted molar refractivity (Wildman–Crippen MR) is 5.81 cm³/mol. The van der Waals surface area contributed by atoms with E-state index >= 15 is 0 Å². The zero-order valence-electron chi connectivity index (χ0n) is 2.21. The molecule has 0 saturated heterocycles. The van der Waals surface area contributed by atoms with Gasteiger partial charge in [-0.05, 0) is 0 Å². The average Bonchev–Trinajstić information content (AvgIpc) is 0.722. The van der Waals surface area contributed by atoms with Crippen molar-refractivity contribution in [3.63, 3.8) is 0 Å². The molecule has 0 rings (SSSR count). The molecule has 0 spiro atoms. The van der Waals surface area contributed by atoms with E-state index in [1.165, 1.54) is 0 Å². The fraction of sp³-hybridized carbons (Fsp3) is 0. The van der Waals surface area contributed by atoms with E-state index in [2.05, 4.69) is 0 Å². The first-order valence-corrected chi connectivity index (χ1v) is 7.98. The van der Waals surface area contributed by atoms with Crippen LogP contribution in [0.15, 0.2) is 0 Å². The third kappa shape index (κ3) is 92.5. The van der Waals surface area contributed by atoms with E-state index in [1.54, 1.807) is 0 Å². The summed E-state index contributed by atoms with van der Waals surface area (Å²) in [7, 11) is 0. The van der Waals surface area contributed by atoms with Gasteiger partial charge in [0.1, 0.15) is 0 Å². The Balaban J connectivity index is 4.06. The van der Waals surface area contributed by atoms with Gasteiger partial charge in [-0.25, -0.2) is 0 Å². The van der Waals surface area contributed by atoms with Crippen LogP contribution in [0.1, 0.15) is 0 Å². The van der Waals surface area contributed by atoms with Crippen molar-refractivity contribution >= 4 is 0 Å². The number of hydrogen-bond acceptors (Lipinski definition) is 2. The normalized spacial score (nSPS) is 11.6. The Morgan fingerprint density at radius 3 is 1.20 bits per heavy atom. The molecule has 0 atom stereocenters.